The van der Waals surface area contributed by atoms with Gasteiger partial charge in [-0.05, 0) is 6.42 Å². The van der Waals surface area contributed by atoms with E-state index < -0.39 is 6.16 Å². The van der Waals surface area contributed by atoms with Crippen LogP contribution in [0.25, 0.3) is 0 Å². The van der Waals surface area contributed by atoms with Crippen molar-refractivity contribution in [1.29, 1.82) is 0 Å². The minimum absolute atomic E-state index is 0.127. The zero-order chi connectivity index (χ0) is 12.1. The molecule has 16 heavy (non-hydrogen) atoms. The van der Waals surface area contributed by atoms with Crippen LogP contribution in [-0.4, -0.2) is 19.9 Å². The van der Waals surface area contributed by atoms with Crippen LogP contribution in [0.1, 0.15) is 51.9 Å². The second-order valence-electron chi connectivity index (χ2n) is 3.61. The number of carbonyl (C=O) groups excluding carboxylic acids is 1. The molecule has 0 heterocycles. The van der Waals surface area contributed by atoms with Crippen LogP contribution in [0.2, 0.25) is 0 Å². The topological polar surface area (TPSA) is 35.5 Å². The summed E-state index contributed by atoms with van der Waals surface area (Å²) in [7, 11) is 1.28. The maximum atomic E-state index is 10.5. The predicted octanol–water partition coefficient (Wildman–Crippen LogP) is 3.52. The normalized spacial score (nSPS) is 9.12. The second-order valence-corrected chi connectivity index (χ2v) is 3.61. The second kappa shape index (κ2) is 11.9. The van der Waals surface area contributed by atoms with Crippen LogP contribution >= 0.6 is 0 Å². The van der Waals surface area contributed by atoms with Gasteiger partial charge in [-0.3, -0.25) is 0 Å². The molecule has 0 amide bonds. The molecule has 0 aromatic carbocycles. The van der Waals surface area contributed by atoms with Crippen LogP contribution in [-0.2, 0) is 9.47 Å². The summed E-state index contributed by atoms with van der Waals surface area (Å²) in [5.74, 6) is 5.75. The Morgan fingerprint density at radius 3 is 2.44 bits per heavy atom. The number of ether oxygens (including phenoxy) is 2. The quantitative estimate of drug-likeness (QED) is 0.378. The van der Waals surface area contributed by atoms with Crippen molar-refractivity contribution in [2.24, 2.45) is 0 Å². The summed E-state index contributed by atoms with van der Waals surface area (Å²) >= 11 is 0. The van der Waals surface area contributed by atoms with Gasteiger partial charge in [-0.1, -0.05) is 50.9 Å². The van der Waals surface area contributed by atoms with E-state index in [1.54, 1.807) is 0 Å². The molecule has 3 nitrogen and oxygen atoms in total. The van der Waals surface area contributed by atoms with Crippen molar-refractivity contribution in [1.82, 2.24) is 0 Å². The van der Waals surface area contributed by atoms with E-state index in [0.29, 0.717) is 0 Å². The number of carbonyl (C=O) groups is 1. The van der Waals surface area contributed by atoms with Gasteiger partial charge >= 0.3 is 6.16 Å². The Morgan fingerprint density at radius 1 is 1.06 bits per heavy atom. The van der Waals surface area contributed by atoms with Gasteiger partial charge in [0.1, 0.15) is 0 Å². The summed E-state index contributed by atoms with van der Waals surface area (Å²) in [6, 6.07) is 0. The van der Waals surface area contributed by atoms with Crippen molar-refractivity contribution in [3.63, 3.8) is 0 Å². The number of unbranched alkanes of at least 4 members (excludes halogenated alkanes) is 6. The predicted molar refractivity (Wildman–Crippen MR) is 64.1 cm³/mol. The smallest absolute Gasteiger partial charge is 0.438 e. The van der Waals surface area contributed by atoms with E-state index in [0.717, 1.165) is 12.8 Å². The van der Waals surface area contributed by atoms with Gasteiger partial charge in [0.05, 0.1) is 7.11 Å². The molecule has 0 radical (unpaired) electrons. The third-order valence-electron chi connectivity index (χ3n) is 2.21. The van der Waals surface area contributed by atoms with Crippen molar-refractivity contribution in [2.45, 2.75) is 51.9 Å². The Labute approximate surface area is 98.5 Å². The summed E-state index contributed by atoms with van der Waals surface area (Å²) in [6.45, 7) is 2.34. The van der Waals surface area contributed by atoms with Crippen LogP contribution in [0.4, 0.5) is 4.79 Å². The van der Waals surface area contributed by atoms with Crippen LogP contribution in [0.5, 0.6) is 0 Å². The fourth-order valence-electron chi connectivity index (χ4n) is 1.29. The van der Waals surface area contributed by atoms with E-state index in [1.165, 1.54) is 39.2 Å². The molecule has 0 saturated heterocycles. The summed E-state index contributed by atoms with van der Waals surface area (Å²) in [6.07, 6.45) is 7.83. The Hall–Kier alpha value is -1.17. The van der Waals surface area contributed by atoms with Crippen LogP contribution in [0, 0.1) is 11.8 Å². The van der Waals surface area contributed by atoms with Crippen molar-refractivity contribution in [2.75, 3.05) is 13.7 Å². The third-order valence-corrected chi connectivity index (χ3v) is 2.21. The Kier molecular flexibility index (Phi) is 11.0. The van der Waals surface area contributed by atoms with Crippen LogP contribution in [0.15, 0.2) is 0 Å². The van der Waals surface area contributed by atoms with E-state index >= 15 is 0 Å². The number of hydrogen-bond acceptors (Lipinski definition) is 3. The molecule has 0 saturated carbocycles. The molecule has 0 aromatic heterocycles. The van der Waals surface area contributed by atoms with E-state index in [-0.39, 0.29) is 6.61 Å². The lowest BCUT2D eigenvalue weighted by molar-refractivity contribution is 0.0832. The highest BCUT2D eigenvalue weighted by Crippen LogP contribution is 2.05. The molecule has 0 aliphatic heterocycles. The maximum absolute atomic E-state index is 10.5. The molecule has 0 bridgehead atoms. The Bertz CT molecular complexity index is 225. The van der Waals surface area contributed by atoms with Gasteiger partial charge in [0.15, 0.2) is 6.61 Å². The van der Waals surface area contributed by atoms with Gasteiger partial charge in [-0.15, -0.1) is 0 Å². The Balaban J connectivity index is 3.18. The molecular weight excluding hydrogens is 204 g/mol. The molecule has 92 valence electrons. The maximum Gasteiger partial charge on any atom is 0.508 e. The van der Waals surface area contributed by atoms with Crippen LogP contribution in [0.3, 0.4) is 0 Å². The SMILES string of the molecule is CCCCCCCCC#CCOC(=O)OC. The molecule has 0 N–H and O–H groups in total. The van der Waals surface area contributed by atoms with Crippen molar-refractivity contribution < 1.29 is 14.3 Å². The number of methoxy groups -OCH3 is 1. The van der Waals surface area contributed by atoms with Gasteiger partial charge < -0.3 is 9.47 Å². The zero-order valence-corrected chi connectivity index (χ0v) is 10.4. The zero-order valence-electron chi connectivity index (χ0n) is 10.4. The Morgan fingerprint density at radius 2 is 1.75 bits per heavy atom. The average molecular weight is 226 g/mol. The lowest BCUT2D eigenvalue weighted by Crippen LogP contribution is -2.03. The first-order valence-corrected chi connectivity index (χ1v) is 5.97. The number of hydrogen-bond donors (Lipinski definition) is 0. The van der Waals surface area contributed by atoms with Gasteiger partial charge in [0.25, 0.3) is 0 Å². The van der Waals surface area contributed by atoms with Crippen molar-refractivity contribution in [3.05, 3.63) is 0 Å². The minimum atomic E-state index is -0.672. The highest BCUT2D eigenvalue weighted by Gasteiger charge is 1.95. The molecule has 0 aliphatic carbocycles. The average Bonchev–Trinajstić information content (AvgIpc) is 2.31. The largest absolute Gasteiger partial charge is 0.508 e. The molecule has 0 fully saturated rings. The van der Waals surface area contributed by atoms with Gasteiger partial charge in [-0.25, -0.2) is 4.79 Å². The van der Waals surface area contributed by atoms with Crippen LogP contribution < -0.4 is 0 Å². The fourth-order valence-corrected chi connectivity index (χ4v) is 1.29. The van der Waals surface area contributed by atoms with E-state index in [4.69, 9.17) is 0 Å². The fraction of sp³-hybridized carbons (Fsp3) is 0.769. The molecular formula is C13H22O3. The van der Waals surface area contributed by atoms with Crippen molar-refractivity contribution in [3.8, 4) is 11.8 Å². The lowest BCUT2D eigenvalue weighted by atomic mass is 10.1. The van der Waals surface area contributed by atoms with Gasteiger partial charge in [-0.2, -0.15) is 0 Å². The first-order valence-electron chi connectivity index (χ1n) is 5.97. The first-order chi connectivity index (χ1) is 7.81. The molecule has 0 unspecified atom stereocenters. The molecule has 0 atom stereocenters. The third kappa shape index (κ3) is 10.9. The van der Waals surface area contributed by atoms with E-state index in [1.807, 2.05) is 0 Å². The molecule has 0 aliphatic rings. The highest BCUT2D eigenvalue weighted by molar-refractivity contribution is 5.59. The minimum Gasteiger partial charge on any atom is -0.438 e. The molecule has 0 rings (SSSR count). The summed E-state index contributed by atoms with van der Waals surface area (Å²) in [5.41, 5.74) is 0. The molecule has 0 aromatic rings. The molecule has 0 spiro atoms. The van der Waals surface area contributed by atoms with E-state index in [9.17, 15) is 4.79 Å². The summed E-state index contributed by atoms with van der Waals surface area (Å²) < 4.78 is 8.92. The molecule has 3 heteroatoms. The van der Waals surface area contributed by atoms with Gasteiger partial charge in [0, 0.05) is 6.42 Å². The highest BCUT2D eigenvalue weighted by atomic mass is 16.7. The van der Waals surface area contributed by atoms with Gasteiger partial charge in [0.2, 0.25) is 0 Å². The summed E-state index contributed by atoms with van der Waals surface area (Å²) in [4.78, 5) is 10.5. The lowest BCUT2D eigenvalue weighted by Gasteiger charge is -1.97. The van der Waals surface area contributed by atoms with Crippen molar-refractivity contribution >= 4 is 6.16 Å². The first kappa shape index (κ1) is 14.8. The monoisotopic (exact) mass is 226 g/mol. The summed E-state index contributed by atoms with van der Waals surface area (Å²) in [5, 5.41) is 0. The van der Waals surface area contributed by atoms with E-state index in [2.05, 4.69) is 28.2 Å². The number of rotatable bonds is 7. The standard InChI is InChI=1S/C13H22O3/c1-3-4-5-6-7-8-9-10-11-12-16-13(14)15-2/h3-9,12H2,1-2H3.